The predicted molar refractivity (Wildman–Crippen MR) is 77.9 cm³/mol. The van der Waals surface area contributed by atoms with Gasteiger partial charge in [0.25, 0.3) is 5.91 Å². The number of aryl methyl sites for hydroxylation is 1. The van der Waals surface area contributed by atoms with Gasteiger partial charge in [-0.1, -0.05) is 12.1 Å². The molecule has 2 aromatic rings. The van der Waals surface area contributed by atoms with Gasteiger partial charge in [-0.3, -0.25) is 4.79 Å². The first-order chi connectivity index (χ1) is 10.5. The Balaban J connectivity index is 1.59. The molecule has 0 aromatic heterocycles. The van der Waals surface area contributed by atoms with Crippen LogP contribution in [0.5, 0.6) is 5.75 Å². The molecule has 1 heterocycles. The lowest BCUT2D eigenvalue weighted by Crippen LogP contribution is -2.56. The summed E-state index contributed by atoms with van der Waals surface area (Å²) in [6.07, 6.45) is -0.152. The summed E-state index contributed by atoms with van der Waals surface area (Å²) in [7, 11) is 0. The molecule has 0 spiro atoms. The first-order valence-electron chi connectivity index (χ1n) is 7.01. The molecule has 0 saturated carbocycles. The maximum Gasteiger partial charge on any atom is 0.257 e. The van der Waals surface area contributed by atoms with E-state index in [4.69, 9.17) is 4.74 Å². The maximum absolute atomic E-state index is 13.6. The van der Waals surface area contributed by atoms with Crippen molar-refractivity contribution in [2.75, 3.05) is 13.1 Å². The van der Waals surface area contributed by atoms with Crippen LogP contribution in [-0.2, 0) is 0 Å². The Labute approximate surface area is 127 Å². The Morgan fingerprint density at radius 2 is 1.86 bits per heavy atom. The number of rotatable bonds is 3. The minimum absolute atomic E-state index is 0.0681. The van der Waals surface area contributed by atoms with Crippen LogP contribution in [0.4, 0.5) is 8.78 Å². The molecule has 0 aliphatic carbocycles. The molecule has 22 heavy (non-hydrogen) atoms. The van der Waals surface area contributed by atoms with Gasteiger partial charge in [0.05, 0.1) is 18.7 Å². The molecule has 0 unspecified atom stereocenters. The van der Waals surface area contributed by atoms with Gasteiger partial charge in [-0.05, 0) is 42.8 Å². The fraction of sp³-hybridized carbons (Fsp3) is 0.235. The third kappa shape index (κ3) is 2.79. The monoisotopic (exact) mass is 303 g/mol. The molecule has 0 N–H and O–H groups in total. The van der Waals surface area contributed by atoms with Gasteiger partial charge in [0.15, 0.2) is 0 Å². The molecular formula is C17H15F2NO2. The van der Waals surface area contributed by atoms with E-state index in [0.717, 1.165) is 0 Å². The zero-order valence-electron chi connectivity index (χ0n) is 12.1. The highest BCUT2D eigenvalue weighted by atomic mass is 19.1. The summed E-state index contributed by atoms with van der Waals surface area (Å²) in [5, 5.41) is 0. The third-order valence-electron chi connectivity index (χ3n) is 3.67. The quantitative estimate of drug-likeness (QED) is 0.871. The number of ether oxygens (including phenoxy) is 1. The van der Waals surface area contributed by atoms with Gasteiger partial charge < -0.3 is 9.64 Å². The highest BCUT2D eigenvalue weighted by Gasteiger charge is 2.33. The van der Waals surface area contributed by atoms with Gasteiger partial charge in [-0.15, -0.1) is 0 Å². The summed E-state index contributed by atoms with van der Waals surface area (Å²) in [4.78, 5) is 13.7. The van der Waals surface area contributed by atoms with Crippen LogP contribution in [0.25, 0.3) is 0 Å². The highest BCUT2D eigenvalue weighted by molar-refractivity contribution is 5.95. The number of likely N-dealkylation sites (tertiary alicyclic amines) is 1. The van der Waals surface area contributed by atoms with Crippen molar-refractivity contribution < 1.29 is 18.3 Å². The molecule has 1 amide bonds. The second kappa shape index (κ2) is 5.75. The average Bonchev–Trinajstić information content (AvgIpc) is 2.46. The van der Waals surface area contributed by atoms with Crippen molar-refractivity contribution in [3.63, 3.8) is 0 Å². The summed E-state index contributed by atoms with van der Waals surface area (Å²) in [5.41, 5.74) is 0.578. The van der Waals surface area contributed by atoms with Gasteiger partial charge >= 0.3 is 0 Å². The molecule has 1 saturated heterocycles. The molecule has 114 valence electrons. The Hall–Kier alpha value is -2.43. The Kier molecular flexibility index (Phi) is 3.79. The number of carbonyl (C=O) groups is 1. The van der Waals surface area contributed by atoms with Crippen molar-refractivity contribution in [3.05, 3.63) is 65.2 Å². The molecule has 1 fully saturated rings. The first kappa shape index (κ1) is 14.5. The molecule has 0 atom stereocenters. The van der Waals surface area contributed by atoms with E-state index >= 15 is 0 Å². The van der Waals surface area contributed by atoms with E-state index in [-0.39, 0.29) is 23.4 Å². The Morgan fingerprint density at radius 3 is 2.55 bits per heavy atom. The van der Waals surface area contributed by atoms with Crippen molar-refractivity contribution in [1.82, 2.24) is 4.90 Å². The van der Waals surface area contributed by atoms with Crippen molar-refractivity contribution in [1.29, 1.82) is 0 Å². The zero-order valence-corrected chi connectivity index (χ0v) is 12.1. The summed E-state index contributed by atoms with van der Waals surface area (Å²) in [6.45, 7) is 2.45. The largest absolute Gasteiger partial charge is 0.487 e. The fourth-order valence-electron chi connectivity index (χ4n) is 2.37. The van der Waals surface area contributed by atoms with Crippen molar-refractivity contribution >= 4 is 5.91 Å². The minimum atomic E-state index is -0.522. The van der Waals surface area contributed by atoms with Crippen LogP contribution in [0.2, 0.25) is 0 Å². The molecule has 1 aliphatic heterocycles. The summed E-state index contributed by atoms with van der Waals surface area (Å²) in [6, 6.07) is 10.4. The summed E-state index contributed by atoms with van der Waals surface area (Å²) >= 11 is 0. The molecule has 0 radical (unpaired) electrons. The van der Waals surface area contributed by atoms with Gasteiger partial charge in [0.2, 0.25) is 0 Å². The van der Waals surface area contributed by atoms with Gasteiger partial charge in [0, 0.05) is 0 Å². The lowest BCUT2D eigenvalue weighted by Gasteiger charge is -2.39. The lowest BCUT2D eigenvalue weighted by atomic mass is 10.1. The van der Waals surface area contributed by atoms with Crippen LogP contribution in [0, 0.1) is 18.6 Å². The SMILES string of the molecule is Cc1cc(OC2CN(C(=O)c3ccccc3F)C2)ccc1F. The number of hydrogen-bond donors (Lipinski definition) is 0. The van der Waals surface area contributed by atoms with E-state index in [1.807, 2.05) is 0 Å². The summed E-state index contributed by atoms with van der Waals surface area (Å²) in [5.74, 6) is -0.571. The number of carbonyl (C=O) groups excluding carboxylic acids is 1. The molecule has 5 heteroatoms. The van der Waals surface area contributed by atoms with E-state index < -0.39 is 5.82 Å². The number of benzene rings is 2. The normalized spacial score (nSPS) is 14.6. The molecular weight excluding hydrogens is 288 g/mol. The second-order valence-electron chi connectivity index (χ2n) is 5.34. The summed E-state index contributed by atoms with van der Waals surface area (Å²) < 4.78 is 32.4. The number of amides is 1. The van der Waals surface area contributed by atoms with Crippen molar-refractivity contribution in [2.24, 2.45) is 0 Å². The van der Waals surface area contributed by atoms with E-state index in [1.54, 1.807) is 31.2 Å². The molecule has 0 bridgehead atoms. The van der Waals surface area contributed by atoms with Crippen molar-refractivity contribution in [2.45, 2.75) is 13.0 Å². The first-order valence-corrected chi connectivity index (χ1v) is 7.01. The standard InChI is InChI=1S/C17H15F2NO2/c1-11-8-12(6-7-15(11)18)22-13-9-20(10-13)17(21)14-4-2-3-5-16(14)19/h2-8,13H,9-10H2,1H3. The fourth-order valence-corrected chi connectivity index (χ4v) is 2.37. The van der Waals surface area contributed by atoms with Crippen LogP contribution in [0.15, 0.2) is 42.5 Å². The zero-order chi connectivity index (χ0) is 15.7. The van der Waals surface area contributed by atoms with Gasteiger partial charge in [-0.25, -0.2) is 8.78 Å². The minimum Gasteiger partial charge on any atom is -0.487 e. The van der Waals surface area contributed by atoms with Crippen LogP contribution < -0.4 is 4.74 Å². The van der Waals surface area contributed by atoms with Crippen LogP contribution >= 0.6 is 0 Å². The Bertz CT molecular complexity index is 712. The van der Waals surface area contributed by atoms with E-state index in [0.29, 0.717) is 24.4 Å². The molecule has 1 aliphatic rings. The highest BCUT2D eigenvalue weighted by Crippen LogP contribution is 2.22. The van der Waals surface area contributed by atoms with Crippen LogP contribution in [-0.4, -0.2) is 30.0 Å². The van der Waals surface area contributed by atoms with Crippen LogP contribution in [0.1, 0.15) is 15.9 Å². The number of hydrogen-bond acceptors (Lipinski definition) is 2. The molecule has 2 aromatic carbocycles. The average molecular weight is 303 g/mol. The second-order valence-corrected chi connectivity index (χ2v) is 5.34. The van der Waals surface area contributed by atoms with Crippen LogP contribution in [0.3, 0.4) is 0 Å². The molecule has 3 nitrogen and oxygen atoms in total. The van der Waals surface area contributed by atoms with E-state index in [1.165, 1.54) is 23.1 Å². The molecule has 3 rings (SSSR count). The smallest absolute Gasteiger partial charge is 0.257 e. The third-order valence-corrected chi connectivity index (χ3v) is 3.67. The van der Waals surface area contributed by atoms with Gasteiger partial charge in [0.1, 0.15) is 23.5 Å². The lowest BCUT2D eigenvalue weighted by molar-refractivity contribution is 0.0174. The van der Waals surface area contributed by atoms with Crippen molar-refractivity contribution in [3.8, 4) is 5.75 Å². The van der Waals surface area contributed by atoms with E-state index in [2.05, 4.69) is 0 Å². The topological polar surface area (TPSA) is 29.5 Å². The number of nitrogens with zero attached hydrogens (tertiary/aromatic N) is 1. The van der Waals surface area contributed by atoms with Gasteiger partial charge in [-0.2, -0.15) is 0 Å². The number of halogens is 2. The maximum atomic E-state index is 13.6. The Morgan fingerprint density at radius 1 is 1.14 bits per heavy atom. The predicted octanol–water partition coefficient (Wildman–Crippen LogP) is 3.18. The van der Waals surface area contributed by atoms with E-state index in [9.17, 15) is 13.6 Å².